The number of ether oxygens (including phenoxy) is 1. The Morgan fingerprint density at radius 3 is 2.17 bits per heavy atom. The molecule has 4 unspecified atom stereocenters. The number of hydrogen-bond donors (Lipinski definition) is 0. The predicted octanol–water partition coefficient (Wildman–Crippen LogP) is 6.13. The van der Waals surface area contributed by atoms with Gasteiger partial charge in [0.25, 0.3) is 0 Å². The van der Waals surface area contributed by atoms with Crippen LogP contribution in [-0.4, -0.2) is 11.6 Å². The van der Waals surface area contributed by atoms with Gasteiger partial charge >= 0.3 is 5.97 Å². The van der Waals surface area contributed by atoms with E-state index in [1.54, 1.807) is 0 Å². The normalized spacial score (nSPS) is 41.4. The summed E-state index contributed by atoms with van der Waals surface area (Å²) in [4.78, 5) is 13.2. The molecule has 3 aliphatic carbocycles. The average molecular weight is 335 g/mol. The van der Waals surface area contributed by atoms with E-state index in [-0.39, 0.29) is 27.8 Å². The van der Waals surface area contributed by atoms with Crippen molar-refractivity contribution >= 4 is 5.97 Å². The Morgan fingerprint density at radius 1 is 1.04 bits per heavy atom. The van der Waals surface area contributed by atoms with Crippen molar-refractivity contribution in [3.8, 4) is 0 Å². The molecule has 0 bridgehead atoms. The number of carbonyl (C=O) groups excluding carboxylic acids is 1. The molecule has 0 N–H and O–H groups in total. The van der Waals surface area contributed by atoms with Crippen LogP contribution >= 0.6 is 0 Å². The summed E-state index contributed by atoms with van der Waals surface area (Å²) < 4.78 is 6.30. The third-order valence-corrected chi connectivity index (χ3v) is 7.28. The number of hydrogen-bond acceptors (Lipinski definition) is 2. The zero-order chi connectivity index (χ0) is 17.8. The molecule has 24 heavy (non-hydrogen) atoms. The van der Waals surface area contributed by atoms with Crippen LogP contribution < -0.4 is 0 Å². The SMILES string of the molecule is CC(C)(C)CC1(C(=O)OC2(C)CCC3CCCCC3C2)CC1(C)C. The van der Waals surface area contributed by atoms with Crippen molar-refractivity contribution < 1.29 is 9.53 Å². The highest BCUT2D eigenvalue weighted by Crippen LogP contribution is 2.68. The molecule has 0 aromatic heterocycles. The first-order valence-corrected chi connectivity index (χ1v) is 10.2. The Kier molecular flexibility index (Phi) is 4.37. The van der Waals surface area contributed by atoms with Gasteiger partial charge in [-0.3, -0.25) is 4.79 Å². The molecule has 0 spiro atoms. The zero-order valence-corrected chi connectivity index (χ0v) is 16.8. The lowest BCUT2D eigenvalue weighted by Gasteiger charge is -2.45. The minimum atomic E-state index is -0.252. The molecule has 4 atom stereocenters. The Labute approximate surface area is 149 Å². The van der Waals surface area contributed by atoms with Gasteiger partial charge in [0.1, 0.15) is 5.60 Å². The van der Waals surface area contributed by atoms with Crippen molar-refractivity contribution in [1.29, 1.82) is 0 Å². The van der Waals surface area contributed by atoms with Crippen LogP contribution in [0.2, 0.25) is 0 Å². The molecular weight excluding hydrogens is 296 g/mol. The Morgan fingerprint density at radius 2 is 1.62 bits per heavy atom. The van der Waals surface area contributed by atoms with E-state index in [1.807, 2.05) is 0 Å². The first-order chi connectivity index (χ1) is 11.0. The molecule has 3 saturated carbocycles. The Hall–Kier alpha value is -0.530. The summed E-state index contributed by atoms with van der Waals surface area (Å²) in [5, 5.41) is 0. The number of rotatable bonds is 3. The third kappa shape index (κ3) is 3.40. The van der Waals surface area contributed by atoms with Crippen molar-refractivity contribution in [2.24, 2.45) is 28.1 Å². The maximum absolute atomic E-state index is 13.2. The molecule has 2 nitrogen and oxygen atoms in total. The van der Waals surface area contributed by atoms with E-state index in [9.17, 15) is 4.79 Å². The molecule has 2 heteroatoms. The summed E-state index contributed by atoms with van der Waals surface area (Å²) in [5.41, 5.74) is -0.221. The van der Waals surface area contributed by atoms with Crippen molar-refractivity contribution in [1.82, 2.24) is 0 Å². The fraction of sp³-hybridized carbons (Fsp3) is 0.955. The summed E-state index contributed by atoms with van der Waals surface area (Å²) in [6.07, 6.45) is 10.8. The summed E-state index contributed by atoms with van der Waals surface area (Å²) in [7, 11) is 0. The maximum atomic E-state index is 13.2. The molecule has 0 saturated heterocycles. The number of fused-ring (bicyclic) bond motifs is 1. The molecule has 0 radical (unpaired) electrons. The van der Waals surface area contributed by atoms with Crippen molar-refractivity contribution in [3.63, 3.8) is 0 Å². The maximum Gasteiger partial charge on any atom is 0.313 e. The molecule has 0 aliphatic heterocycles. The van der Waals surface area contributed by atoms with Gasteiger partial charge in [0.05, 0.1) is 5.41 Å². The van der Waals surface area contributed by atoms with E-state index in [2.05, 4.69) is 41.5 Å². The smallest absolute Gasteiger partial charge is 0.313 e. The minimum Gasteiger partial charge on any atom is -0.459 e. The molecule has 0 amide bonds. The topological polar surface area (TPSA) is 26.3 Å². The second-order valence-electron chi connectivity index (χ2n) is 11.3. The van der Waals surface area contributed by atoms with Crippen LogP contribution in [-0.2, 0) is 9.53 Å². The summed E-state index contributed by atoms with van der Waals surface area (Å²) in [5.74, 6) is 1.78. The summed E-state index contributed by atoms with van der Waals surface area (Å²) in [6, 6.07) is 0. The number of carbonyl (C=O) groups is 1. The predicted molar refractivity (Wildman–Crippen MR) is 98.7 cm³/mol. The summed E-state index contributed by atoms with van der Waals surface area (Å²) in [6.45, 7) is 13.4. The van der Waals surface area contributed by atoms with Gasteiger partial charge < -0.3 is 4.74 Å². The van der Waals surface area contributed by atoms with E-state index >= 15 is 0 Å². The van der Waals surface area contributed by atoms with Gasteiger partial charge in [-0.1, -0.05) is 60.3 Å². The Balaban J connectivity index is 1.69. The van der Waals surface area contributed by atoms with Crippen LogP contribution in [0, 0.1) is 28.1 Å². The lowest BCUT2D eigenvalue weighted by molar-refractivity contribution is -0.175. The fourth-order valence-electron chi connectivity index (χ4n) is 5.83. The molecule has 3 rings (SSSR count). The first-order valence-electron chi connectivity index (χ1n) is 10.2. The van der Waals surface area contributed by atoms with Crippen LogP contribution in [0.1, 0.15) is 99.3 Å². The molecule has 138 valence electrons. The van der Waals surface area contributed by atoms with Gasteiger partial charge in [-0.2, -0.15) is 0 Å². The van der Waals surface area contributed by atoms with Gasteiger partial charge in [0, 0.05) is 0 Å². The van der Waals surface area contributed by atoms with E-state index in [0.29, 0.717) is 0 Å². The van der Waals surface area contributed by atoms with Gasteiger partial charge in [-0.25, -0.2) is 0 Å². The zero-order valence-electron chi connectivity index (χ0n) is 16.8. The van der Waals surface area contributed by atoms with Crippen molar-refractivity contribution in [2.75, 3.05) is 0 Å². The lowest BCUT2D eigenvalue weighted by Crippen LogP contribution is -2.44. The monoisotopic (exact) mass is 334 g/mol. The van der Waals surface area contributed by atoms with Crippen LogP contribution in [0.5, 0.6) is 0 Å². The largest absolute Gasteiger partial charge is 0.459 e. The quantitative estimate of drug-likeness (QED) is 0.580. The highest BCUT2D eigenvalue weighted by atomic mass is 16.6. The third-order valence-electron chi connectivity index (χ3n) is 7.28. The molecule has 0 aromatic carbocycles. The van der Waals surface area contributed by atoms with Crippen molar-refractivity contribution in [3.05, 3.63) is 0 Å². The molecule has 3 fully saturated rings. The Bertz CT molecular complexity index is 501. The van der Waals surface area contributed by atoms with Gasteiger partial charge in [0.2, 0.25) is 0 Å². The fourth-order valence-corrected chi connectivity index (χ4v) is 5.83. The molecular formula is C22H38O2. The van der Waals surface area contributed by atoms with Crippen LogP contribution in [0.3, 0.4) is 0 Å². The van der Waals surface area contributed by atoms with Gasteiger partial charge in [-0.05, 0) is 61.7 Å². The van der Waals surface area contributed by atoms with Gasteiger partial charge in [-0.15, -0.1) is 0 Å². The second kappa shape index (κ2) is 5.74. The molecule has 3 aliphatic rings. The van der Waals surface area contributed by atoms with Crippen molar-refractivity contribution in [2.45, 2.75) is 105 Å². The second-order valence-corrected chi connectivity index (χ2v) is 11.3. The number of esters is 1. The standard InChI is InChI=1S/C22H38O2/c1-19(2,3)14-22(15-20(22,4)5)18(23)24-21(6)12-11-16-9-7-8-10-17(16)13-21/h16-17H,7-15H2,1-6H3. The highest BCUT2D eigenvalue weighted by molar-refractivity contribution is 5.82. The molecule has 0 heterocycles. The van der Waals surface area contributed by atoms with Crippen LogP contribution in [0.4, 0.5) is 0 Å². The van der Waals surface area contributed by atoms with E-state index in [0.717, 1.165) is 37.5 Å². The summed E-state index contributed by atoms with van der Waals surface area (Å²) >= 11 is 0. The van der Waals surface area contributed by atoms with Crippen LogP contribution in [0.25, 0.3) is 0 Å². The molecule has 0 aromatic rings. The first kappa shape index (κ1) is 18.3. The lowest BCUT2D eigenvalue weighted by atomic mass is 9.66. The van der Waals surface area contributed by atoms with E-state index in [1.165, 1.54) is 32.1 Å². The van der Waals surface area contributed by atoms with Gasteiger partial charge in [0.15, 0.2) is 0 Å². The van der Waals surface area contributed by atoms with E-state index in [4.69, 9.17) is 4.74 Å². The van der Waals surface area contributed by atoms with E-state index < -0.39 is 0 Å². The van der Waals surface area contributed by atoms with Crippen LogP contribution in [0.15, 0.2) is 0 Å². The highest BCUT2D eigenvalue weighted by Gasteiger charge is 2.68. The average Bonchev–Trinajstić information content (AvgIpc) is 2.98. The minimum absolute atomic E-state index is 0.0930.